The van der Waals surface area contributed by atoms with E-state index in [1.165, 1.54) is 11.8 Å². The first-order chi connectivity index (χ1) is 14.3. The fourth-order valence-electron chi connectivity index (χ4n) is 3.13. The Balaban J connectivity index is 2.20. The molecule has 0 saturated carbocycles. The lowest BCUT2D eigenvalue weighted by molar-refractivity contribution is -0.139. The summed E-state index contributed by atoms with van der Waals surface area (Å²) < 4.78 is 0. The van der Waals surface area contributed by atoms with E-state index >= 15 is 0 Å². The second kappa shape index (κ2) is 12.0. The zero-order chi connectivity index (χ0) is 22.1. The van der Waals surface area contributed by atoms with E-state index < -0.39 is 6.04 Å². The number of nitrogens with one attached hydrogen (secondary N) is 1. The highest BCUT2D eigenvalue weighted by Crippen LogP contribution is 2.22. The van der Waals surface area contributed by atoms with Crippen LogP contribution in [-0.2, 0) is 16.1 Å². The van der Waals surface area contributed by atoms with Crippen molar-refractivity contribution in [2.45, 2.75) is 64.1 Å². The minimum atomic E-state index is -0.502. The second-order valence-corrected chi connectivity index (χ2v) is 8.98. The van der Waals surface area contributed by atoms with E-state index in [1.807, 2.05) is 70.2 Å². The quantitative estimate of drug-likeness (QED) is 0.493. The molecule has 2 aromatic carbocycles. The maximum Gasteiger partial charge on any atom is 0.243 e. The largest absolute Gasteiger partial charge is 0.352 e. The van der Waals surface area contributed by atoms with Gasteiger partial charge in [-0.1, -0.05) is 55.3 Å². The molecule has 2 unspecified atom stereocenters. The zero-order valence-corrected chi connectivity index (χ0v) is 19.7. The molecule has 0 aromatic heterocycles. The van der Waals surface area contributed by atoms with Crippen LogP contribution >= 0.6 is 23.4 Å². The molecule has 162 valence electrons. The predicted molar refractivity (Wildman–Crippen MR) is 126 cm³/mol. The molecule has 0 aliphatic heterocycles. The lowest BCUT2D eigenvalue weighted by atomic mass is 10.1. The Labute approximate surface area is 189 Å². The van der Waals surface area contributed by atoms with Crippen molar-refractivity contribution in [3.63, 3.8) is 0 Å². The molecule has 2 amide bonds. The third-order valence-corrected chi connectivity index (χ3v) is 6.25. The molecule has 0 bridgehead atoms. The van der Waals surface area contributed by atoms with Gasteiger partial charge in [-0.3, -0.25) is 9.59 Å². The van der Waals surface area contributed by atoms with Crippen LogP contribution in [0.3, 0.4) is 0 Å². The molecule has 30 heavy (non-hydrogen) atoms. The molecule has 0 heterocycles. The van der Waals surface area contributed by atoms with Crippen molar-refractivity contribution in [1.82, 2.24) is 10.2 Å². The Bertz CT molecular complexity index is 841. The standard InChI is InChI=1S/C24H31ClN2O2S/c1-5-18(4)26-24(29)22(6-2)27(15-19-9-7-8-17(3)14-19)23(28)16-30-21-12-10-20(25)11-13-21/h7-14,18,22H,5-6,15-16H2,1-4H3,(H,26,29). The third kappa shape index (κ3) is 7.37. The summed E-state index contributed by atoms with van der Waals surface area (Å²) in [5.41, 5.74) is 2.15. The van der Waals surface area contributed by atoms with Gasteiger partial charge < -0.3 is 10.2 Å². The van der Waals surface area contributed by atoms with Crippen LogP contribution < -0.4 is 5.32 Å². The van der Waals surface area contributed by atoms with Gasteiger partial charge in [0.2, 0.25) is 11.8 Å². The van der Waals surface area contributed by atoms with Gasteiger partial charge in [-0.05, 0) is 56.5 Å². The highest BCUT2D eigenvalue weighted by atomic mass is 35.5. The van der Waals surface area contributed by atoms with Crippen LogP contribution in [0.15, 0.2) is 53.4 Å². The lowest BCUT2D eigenvalue weighted by Crippen LogP contribution is -2.51. The van der Waals surface area contributed by atoms with Crippen LogP contribution in [0.4, 0.5) is 0 Å². The summed E-state index contributed by atoms with van der Waals surface area (Å²) in [6.07, 6.45) is 1.41. The monoisotopic (exact) mass is 446 g/mol. The number of amides is 2. The molecule has 6 heteroatoms. The number of hydrogen-bond donors (Lipinski definition) is 1. The topological polar surface area (TPSA) is 49.4 Å². The average molecular weight is 447 g/mol. The highest BCUT2D eigenvalue weighted by molar-refractivity contribution is 8.00. The van der Waals surface area contributed by atoms with Gasteiger partial charge in [-0.15, -0.1) is 11.8 Å². The molecular formula is C24H31ClN2O2S. The molecule has 2 atom stereocenters. The number of aryl methyl sites for hydroxylation is 1. The van der Waals surface area contributed by atoms with E-state index in [-0.39, 0.29) is 23.6 Å². The van der Waals surface area contributed by atoms with Crippen molar-refractivity contribution in [3.8, 4) is 0 Å². The first-order valence-corrected chi connectivity index (χ1v) is 11.7. The summed E-state index contributed by atoms with van der Waals surface area (Å²) >= 11 is 7.40. The third-order valence-electron chi connectivity index (χ3n) is 5.00. The maximum absolute atomic E-state index is 13.2. The van der Waals surface area contributed by atoms with Gasteiger partial charge in [-0.2, -0.15) is 0 Å². The maximum atomic E-state index is 13.2. The molecule has 0 fully saturated rings. The van der Waals surface area contributed by atoms with Crippen molar-refractivity contribution in [2.24, 2.45) is 0 Å². The smallest absolute Gasteiger partial charge is 0.243 e. The first kappa shape index (κ1) is 24.3. The van der Waals surface area contributed by atoms with Gasteiger partial charge in [-0.25, -0.2) is 0 Å². The molecular weight excluding hydrogens is 416 g/mol. The Hall–Kier alpha value is -1.98. The summed E-state index contributed by atoms with van der Waals surface area (Å²) in [6, 6.07) is 15.1. The second-order valence-electron chi connectivity index (χ2n) is 7.50. The summed E-state index contributed by atoms with van der Waals surface area (Å²) in [5.74, 6) is 0.118. The van der Waals surface area contributed by atoms with Crippen LogP contribution in [0.1, 0.15) is 44.7 Å². The Morgan fingerprint density at radius 3 is 2.40 bits per heavy atom. The highest BCUT2D eigenvalue weighted by Gasteiger charge is 2.29. The van der Waals surface area contributed by atoms with Gasteiger partial charge in [0.15, 0.2) is 0 Å². The number of benzene rings is 2. The number of thioether (sulfide) groups is 1. The minimum Gasteiger partial charge on any atom is -0.352 e. The Morgan fingerprint density at radius 1 is 1.10 bits per heavy atom. The first-order valence-electron chi connectivity index (χ1n) is 10.4. The summed E-state index contributed by atoms with van der Waals surface area (Å²) in [4.78, 5) is 28.9. The molecule has 2 rings (SSSR count). The van der Waals surface area contributed by atoms with Crippen LogP contribution in [0, 0.1) is 6.92 Å². The van der Waals surface area contributed by atoms with E-state index in [9.17, 15) is 9.59 Å². The fourth-order valence-corrected chi connectivity index (χ4v) is 4.04. The molecule has 0 spiro atoms. The number of nitrogens with zero attached hydrogens (tertiary/aromatic N) is 1. The fraction of sp³-hybridized carbons (Fsp3) is 0.417. The molecule has 0 aliphatic rings. The van der Waals surface area contributed by atoms with Crippen molar-refractivity contribution >= 4 is 35.2 Å². The van der Waals surface area contributed by atoms with Gasteiger partial charge in [0, 0.05) is 22.5 Å². The van der Waals surface area contributed by atoms with Gasteiger partial charge in [0.25, 0.3) is 0 Å². The molecule has 1 N–H and O–H groups in total. The van der Waals surface area contributed by atoms with Gasteiger partial charge >= 0.3 is 0 Å². The number of carbonyl (C=O) groups is 2. The van der Waals surface area contributed by atoms with Crippen LogP contribution in [0.2, 0.25) is 5.02 Å². The summed E-state index contributed by atoms with van der Waals surface area (Å²) in [5, 5.41) is 3.71. The van der Waals surface area contributed by atoms with E-state index in [2.05, 4.69) is 11.4 Å². The van der Waals surface area contributed by atoms with E-state index in [0.29, 0.717) is 18.0 Å². The number of carbonyl (C=O) groups excluding carboxylic acids is 2. The number of halogens is 1. The van der Waals surface area contributed by atoms with Crippen molar-refractivity contribution in [3.05, 3.63) is 64.7 Å². The Kier molecular flexibility index (Phi) is 9.73. The predicted octanol–water partition coefficient (Wildman–Crippen LogP) is 5.46. The lowest BCUT2D eigenvalue weighted by Gasteiger charge is -2.31. The van der Waals surface area contributed by atoms with Gasteiger partial charge in [0.1, 0.15) is 6.04 Å². The summed E-state index contributed by atoms with van der Waals surface area (Å²) in [7, 11) is 0. The summed E-state index contributed by atoms with van der Waals surface area (Å²) in [6.45, 7) is 8.40. The van der Waals surface area contributed by atoms with E-state index in [1.54, 1.807) is 4.90 Å². The molecule has 2 aromatic rings. The normalized spacial score (nSPS) is 12.8. The van der Waals surface area contributed by atoms with Crippen LogP contribution in [0.5, 0.6) is 0 Å². The minimum absolute atomic E-state index is 0.0531. The average Bonchev–Trinajstić information content (AvgIpc) is 2.72. The van der Waals surface area contributed by atoms with Crippen molar-refractivity contribution in [2.75, 3.05) is 5.75 Å². The van der Waals surface area contributed by atoms with Crippen LogP contribution in [0.25, 0.3) is 0 Å². The van der Waals surface area contributed by atoms with Gasteiger partial charge in [0.05, 0.1) is 5.75 Å². The molecule has 4 nitrogen and oxygen atoms in total. The SMILES string of the molecule is CCC(C)NC(=O)C(CC)N(Cc1cccc(C)c1)C(=O)CSc1ccc(Cl)cc1. The Morgan fingerprint density at radius 2 is 1.80 bits per heavy atom. The molecule has 0 aliphatic carbocycles. The molecule has 0 radical (unpaired) electrons. The zero-order valence-electron chi connectivity index (χ0n) is 18.2. The number of rotatable bonds is 10. The van der Waals surface area contributed by atoms with E-state index in [0.717, 1.165) is 22.4 Å². The molecule has 0 saturated heterocycles. The van der Waals surface area contributed by atoms with E-state index in [4.69, 9.17) is 11.6 Å². The van der Waals surface area contributed by atoms with Crippen LogP contribution in [-0.4, -0.2) is 34.6 Å². The van der Waals surface area contributed by atoms with Crippen molar-refractivity contribution < 1.29 is 9.59 Å². The number of hydrogen-bond acceptors (Lipinski definition) is 3. The van der Waals surface area contributed by atoms with Crippen molar-refractivity contribution in [1.29, 1.82) is 0 Å².